The quantitative estimate of drug-likeness (QED) is 0.905. The van der Waals surface area contributed by atoms with E-state index in [1.54, 1.807) is 26.2 Å². The highest BCUT2D eigenvalue weighted by Crippen LogP contribution is 2.27. The van der Waals surface area contributed by atoms with Gasteiger partial charge in [0.1, 0.15) is 5.75 Å². The maximum atomic E-state index is 12.2. The third-order valence-electron chi connectivity index (χ3n) is 2.89. The summed E-state index contributed by atoms with van der Waals surface area (Å²) in [5.74, 6) is 0.0569. The van der Waals surface area contributed by atoms with Crippen LogP contribution in [0.3, 0.4) is 0 Å². The predicted octanol–water partition coefficient (Wildman–Crippen LogP) is 3.31. The summed E-state index contributed by atoms with van der Waals surface area (Å²) in [6.45, 7) is 0.171. The highest BCUT2D eigenvalue weighted by Gasteiger charge is 2.28. The van der Waals surface area contributed by atoms with E-state index in [0.29, 0.717) is 16.9 Å². The summed E-state index contributed by atoms with van der Waals surface area (Å²) in [7, 11) is 1.70. The highest BCUT2D eigenvalue weighted by molar-refractivity contribution is 6.00. The summed E-state index contributed by atoms with van der Waals surface area (Å²) in [6, 6.07) is 3.94. The smallest absolute Gasteiger partial charge is 0.422 e. The van der Waals surface area contributed by atoms with Crippen LogP contribution >= 0.6 is 0 Å². The molecular weight excluding hydrogens is 313 g/mol. The van der Waals surface area contributed by atoms with E-state index in [1.807, 2.05) is 0 Å². The Hall–Kier alpha value is -2.71. The fourth-order valence-corrected chi connectivity index (χ4v) is 1.84. The molecule has 0 spiro atoms. The number of hydrogen-bond donors (Lipinski definition) is 2. The molecule has 0 unspecified atom stereocenters. The van der Waals surface area contributed by atoms with E-state index < -0.39 is 18.8 Å². The lowest BCUT2D eigenvalue weighted by atomic mass is 10.2. The Morgan fingerprint density at radius 3 is 2.70 bits per heavy atom. The minimum Gasteiger partial charge on any atom is -0.484 e. The lowest BCUT2D eigenvalue weighted by molar-refractivity contribution is -0.153. The number of nitrogens with zero attached hydrogens (tertiary/aromatic N) is 2. The Kier molecular flexibility index (Phi) is 4.77. The summed E-state index contributed by atoms with van der Waals surface area (Å²) < 4.78 is 42.9. The Morgan fingerprint density at radius 2 is 2.09 bits per heavy atom. The number of hydrogen-bond acceptors (Lipinski definition) is 3. The number of urea groups is 1. The molecule has 0 saturated carbocycles. The van der Waals surface area contributed by atoms with Gasteiger partial charge in [-0.1, -0.05) is 6.07 Å². The number of anilines is 2. The number of amides is 2. The van der Waals surface area contributed by atoms with Crippen LogP contribution in [0.25, 0.3) is 0 Å². The van der Waals surface area contributed by atoms with Crippen molar-refractivity contribution in [2.24, 2.45) is 7.05 Å². The van der Waals surface area contributed by atoms with Crippen LogP contribution in [-0.2, 0) is 7.05 Å². The molecule has 0 fully saturated rings. The summed E-state index contributed by atoms with van der Waals surface area (Å²) in [4.78, 5) is 11.9. The summed E-state index contributed by atoms with van der Waals surface area (Å²) in [5, 5.41) is 9.02. The van der Waals surface area contributed by atoms with Crippen molar-refractivity contribution in [3.8, 4) is 5.75 Å². The standard InChI is InChI=1S/C14H15F3N4O2/c1-9-11(4-3-5-12(9)23-8-14(15,16)17)20-13(22)19-10-6-18-21(2)7-10/h3-7H,8H2,1-2H3,(H2,19,20,22). The monoisotopic (exact) mass is 328 g/mol. The number of aryl methyl sites for hydroxylation is 1. The fraction of sp³-hybridized carbons (Fsp3) is 0.286. The van der Waals surface area contributed by atoms with Crippen molar-refractivity contribution in [1.29, 1.82) is 0 Å². The second-order valence-electron chi connectivity index (χ2n) is 4.81. The zero-order valence-electron chi connectivity index (χ0n) is 12.4. The predicted molar refractivity (Wildman–Crippen MR) is 78.6 cm³/mol. The number of aromatic nitrogens is 2. The molecule has 2 amide bonds. The largest absolute Gasteiger partial charge is 0.484 e. The maximum Gasteiger partial charge on any atom is 0.422 e. The SMILES string of the molecule is Cc1c(NC(=O)Nc2cnn(C)c2)cccc1OCC(F)(F)F. The third-order valence-corrected chi connectivity index (χ3v) is 2.89. The van der Waals surface area contributed by atoms with Crippen LogP contribution in [0.15, 0.2) is 30.6 Å². The molecule has 0 aliphatic carbocycles. The second kappa shape index (κ2) is 6.59. The lowest BCUT2D eigenvalue weighted by Crippen LogP contribution is -2.21. The highest BCUT2D eigenvalue weighted by atomic mass is 19.4. The van der Waals surface area contributed by atoms with Crippen molar-refractivity contribution in [3.05, 3.63) is 36.2 Å². The molecule has 1 aromatic heterocycles. The average Bonchev–Trinajstić information content (AvgIpc) is 2.84. The van der Waals surface area contributed by atoms with Gasteiger partial charge in [0, 0.05) is 24.5 Å². The van der Waals surface area contributed by atoms with E-state index in [1.165, 1.54) is 23.0 Å². The number of ether oxygens (including phenoxy) is 1. The molecule has 0 saturated heterocycles. The van der Waals surface area contributed by atoms with E-state index in [9.17, 15) is 18.0 Å². The van der Waals surface area contributed by atoms with Crippen LogP contribution in [0.4, 0.5) is 29.3 Å². The third kappa shape index (κ3) is 4.90. The van der Waals surface area contributed by atoms with Crippen LogP contribution in [0.5, 0.6) is 5.75 Å². The molecule has 0 aliphatic rings. The van der Waals surface area contributed by atoms with Crippen molar-refractivity contribution < 1.29 is 22.7 Å². The minimum absolute atomic E-state index is 0.0569. The van der Waals surface area contributed by atoms with Crippen LogP contribution < -0.4 is 15.4 Å². The van der Waals surface area contributed by atoms with Gasteiger partial charge in [0.25, 0.3) is 0 Å². The van der Waals surface area contributed by atoms with Gasteiger partial charge < -0.3 is 15.4 Å². The molecular formula is C14H15F3N4O2. The van der Waals surface area contributed by atoms with E-state index in [-0.39, 0.29) is 5.75 Å². The first-order valence-corrected chi connectivity index (χ1v) is 6.60. The molecule has 6 nitrogen and oxygen atoms in total. The molecule has 1 heterocycles. The van der Waals surface area contributed by atoms with E-state index in [2.05, 4.69) is 15.7 Å². The van der Waals surface area contributed by atoms with Crippen LogP contribution in [-0.4, -0.2) is 28.6 Å². The molecule has 2 N–H and O–H groups in total. The van der Waals surface area contributed by atoms with Gasteiger partial charge >= 0.3 is 12.2 Å². The van der Waals surface area contributed by atoms with Crippen molar-refractivity contribution in [2.45, 2.75) is 13.1 Å². The van der Waals surface area contributed by atoms with Gasteiger partial charge in [0.05, 0.1) is 11.9 Å². The topological polar surface area (TPSA) is 68.2 Å². The average molecular weight is 328 g/mol. The first kappa shape index (κ1) is 16.7. The Morgan fingerprint density at radius 1 is 1.35 bits per heavy atom. The lowest BCUT2D eigenvalue weighted by Gasteiger charge is -2.14. The molecule has 0 radical (unpaired) electrons. The number of rotatable bonds is 4. The van der Waals surface area contributed by atoms with Gasteiger partial charge in [-0.25, -0.2) is 4.79 Å². The van der Waals surface area contributed by atoms with Crippen molar-refractivity contribution in [3.63, 3.8) is 0 Å². The molecule has 0 atom stereocenters. The molecule has 2 rings (SSSR count). The van der Waals surface area contributed by atoms with Gasteiger partial charge in [-0.05, 0) is 19.1 Å². The van der Waals surface area contributed by atoms with Crippen molar-refractivity contribution in [2.75, 3.05) is 17.2 Å². The summed E-state index contributed by atoms with van der Waals surface area (Å²) >= 11 is 0. The van der Waals surface area contributed by atoms with Gasteiger partial charge in [-0.15, -0.1) is 0 Å². The number of carbonyl (C=O) groups excluding carboxylic acids is 1. The molecule has 124 valence electrons. The minimum atomic E-state index is -4.42. The number of halogens is 3. The van der Waals surface area contributed by atoms with Crippen molar-refractivity contribution >= 4 is 17.4 Å². The molecule has 1 aromatic carbocycles. The molecule has 2 aromatic rings. The fourth-order valence-electron chi connectivity index (χ4n) is 1.84. The molecule has 0 bridgehead atoms. The van der Waals surface area contributed by atoms with Gasteiger partial charge in [0.15, 0.2) is 6.61 Å². The Bertz CT molecular complexity index is 698. The van der Waals surface area contributed by atoms with Gasteiger partial charge in [-0.3, -0.25) is 4.68 Å². The number of carbonyl (C=O) groups is 1. The zero-order valence-corrected chi connectivity index (χ0v) is 12.4. The number of alkyl halides is 3. The van der Waals surface area contributed by atoms with E-state index in [0.717, 1.165) is 0 Å². The van der Waals surface area contributed by atoms with Crippen LogP contribution in [0, 0.1) is 6.92 Å². The normalized spacial score (nSPS) is 11.2. The van der Waals surface area contributed by atoms with E-state index in [4.69, 9.17) is 4.74 Å². The molecule has 9 heteroatoms. The van der Waals surface area contributed by atoms with Crippen LogP contribution in [0.2, 0.25) is 0 Å². The molecule has 0 aliphatic heterocycles. The number of benzene rings is 1. The van der Waals surface area contributed by atoms with Crippen LogP contribution in [0.1, 0.15) is 5.56 Å². The summed E-state index contributed by atoms with van der Waals surface area (Å²) in [6.07, 6.45) is -1.35. The zero-order chi connectivity index (χ0) is 17.0. The maximum absolute atomic E-state index is 12.2. The number of nitrogens with one attached hydrogen (secondary N) is 2. The second-order valence-corrected chi connectivity index (χ2v) is 4.81. The van der Waals surface area contributed by atoms with E-state index >= 15 is 0 Å². The summed E-state index contributed by atoms with van der Waals surface area (Å²) in [5.41, 5.74) is 1.25. The van der Waals surface area contributed by atoms with Gasteiger partial charge in [0.2, 0.25) is 0 Å². The first-order chi connectivity index (χ1) is 10.7. The van der Waals surface area contributed by atoms with Crippen molar-refractivity contribution in [1.82, 2.24) is 9.78 Å². The Balaban J connectivity index is 2.03. The van der Waals surface area contributed by atoms with Gasteiger partial charge in [-0.2, -0.15) is 18.3 Å². The first-order valence-electron chi connectivity index (χ1n) is 6.60. The molecule has 23 heavy (non-hydrogen) atoms. The Labute approximate surface area is 130 Å².